The first kappa shape index (κ1) is 15.6. The molecule has 0 spiro atoms. The van der Waals surface area contributed by atoms with Gasteiger partial charge in [-0.25, -0.2) is 0 Å². The molecule has 0 saturated carbocycles. The monoisotopic (exact) mass is 310 g/mol. The maximum Gasteiger partial charge on any atom is 0.0390 e. The Hall–Kier alpha value is -1.34. The number of hydrogen-bond donors (Lipinski definition) is 0. The van der Waals surface area contributed by atoms with E-state index in [1.54, 1.807) is 5.56 Å². The lowest BCUT2D eigenvalue weighted by Crippen LogP contribution is -1.96. The normalized spacial score (nSPS) is 11.8. The van der Waals surface area contributed by atoms with E-state index in [0.29, 0.717) is 0 Å². The van der Waals surface area contributed by atoms with Gasteiger partial charge in [-0.15, -0.1) is 11.3 Å². The van der Waals surface area contributed by atoms with Gasteiger partial charge in [0.2, 0.25) is 0 Å². The van der Waals surface area contributed by atoms with Gasteiger partial charge in [-0.1, -0.05) is 13.3 Å². The van der Waals surface area contributed by atoms with Gasteiger partial charge in [0.1, 0.15) is 0 Å². The summed E-state index contributed by atoms with van der Waals surface area (Å²) in [6.07, 6.45) is 2.39. The van der Waals surface area contributed by atoms with Gasteiger partial charge in [0.25, 0.3) is 0 Å². The molecule has 0 amide bonds. The van der Waals surface area contributed by atoms with Crippen LogP contribution in [0.2, 0.25) is 0 Å². The second-order valence-corrected chi connectivity index (χ2v) is 7.75. The van der Waals surface area contributed by atoms with Crippen molar-refractivity contribution in [2.75, 3.05) is 0 Å². The average molecular weight is 311 g/mol. The average Bonchev–Trinajstić information content (AvgIpc) is 2.86. The summed E-state index contributed by atoms with van der Waals surface area (Å²) in [6, 6.07) is 2.42. The molecule has 0 nitrogen and oxygen atoms in total. The summed E-state index contributed by atoms with van der Waals surface area (Å²) in [5, 5.41) is 3.02. The third-order valence-corrected chi connectivity index (χ3v) is 6.97. The maximum atomic E-state index is 2.42. The van der Waals surface area contributed by atoms with E-state index in [2.05, 4.69) is 54.5 Å². The van der Waals surface area contributed by atoms with Crippen LogP contribution in [0.25, 0.3) is 20.2 Å². The van der Waals surface area contributed by atoms with Gasteiger partial charge in [0.05, 0.1) is 0 Å². The van der Waals surface area contributed by atoms with Gasteiger partial charge < -0.3 is 0 Å². The summed E-state index contributed by atoms with van der Waals surface area (Å²) >= 11 is 2.00. The van der Waals surface area contributed by atoms with Crippen LogP contribution in [-0.2, 0) is 6.42 Å². The van der Waals surface area contributed by atoms with Crippen molar-refractivity contribution < 1.29 is 0 Å². The van der Waals surface area contributed by atoms with Gasteiger partial charge in [0.15, 0.2) is 0 Å². The molecular formula is C21H26S. The number of benzene rings is 2. The van der Waals surface area contributed by atoms with Crippen molar-refractivity contribution in [1.29, 1.82) is 0 Å². The molecule has 2 aromatic carbocycles. The molecule has 0 atom stereocenters. The van der Waals surface area contributed by atoms with Crippen molar-refractivity contribution in [2.24, 2.45) is 0 Å². The van der Waals surface area contributed by atoms with Crippen molar-refractivity contribution in [1.82, 2.24) is 0 Å². The summed E-state index contributed by atoms with van der Waals surface area (Å²) in [6.45, 7) is 16.0. The third kappa shape index (κ3) is 2.02. The Kier molecular flexibility index (Phi) is 3.81. The molecule has 22 heavy (non-hydrogen) atoms. The van der Waals surface area contributed by atoms with Crippen LogP contribution in [0.15, 0.2) is 6.07 Å². The van der Waals surface area contributed by atoms with Crippen molar-refractivity contribution >= 4 is 31.5 Å². The molecule has 0 N–H and O–H groups in total. The molecule has 0 bridgehead atoms. The summed E-state index contributed by atoms with van der Waals surface area (Å²) in [7, 11) is 0. The Balaban J connectivity index is 2.61. The maximum absolute atomic E-state index is 2.42. The Bertz CT molecular complexity index is 894. The molecule has 1 aromatic heterocycles. The van der Waals surface area contributed by atoms with E-state index in [0.717, 1.165) is 0 Å². The highest BCUT2D eigenvalue weighted by Crippen LogP contribution is 2.43. The topological polar surface area (TPSA) is 0 Å². The third-order valence-electron chi connectivity index (χ3n) is 5.52. The molecule has 1 heteroatoms. The van der Waals surface area contributed by atoms with Crippen LogP contribution in [0, 0.1) is 41.5 Å². The highest BCUT2D eigenvalue weighted by atomic mass is 32.1. The first-order valence-corrected chi connectivity index (χ1v) is 9.11. The number of rotatable bonds is 2. The van der Waals surface area contributed by atoms with Crippen LogP contribution >= 0.6 is 11.3 Å². The first-order chi connectivity index (χ1) is 10.4. The summed E-state index contributed by atoms with van der Waals surface area (Å²) in [5.41, 5.74) is 10.4. The van der Waals surface area contributed by atoms with Gasteiger partial charge in [-0.05, 0) is 93.0 Å². The number of hydrogen-bond acceptors (Lipinski definition) is 1. The van der Waals surface area contributed by atoms with Crippen LogP contribution in [0.4, 0.5) is 0 Å². The second-order valence-electron chi connectivity index (χ2n) is 6.73. The summed E-state index contributed by atoms with van der Waals surface area (Å²) in [5.74, 6) is 0. The Labute approximate surface area is 138 Å². The van der Waals surface area contributed by atoms with Gasteiger partial charge in [-0.2, -0.15) is 0 Å². The van der Waals surface area contributed by atoms with E-state index >= 15 is 0 Å². The largest absolute Gasteiger partial charge is 0.135 e. The SMILES string of the molecule is CCCc1c(C)c(C)c(C)c2sc3c(C)c(C)c(C)cc3c12. The zero-order chi connectivity index (χ0) is 16.2. The van der Waals surface area contributed by atoms with Crippen LogP contribution < -0.4 is 0 Å². The minimum atomic E-state index is 1.18. The lowest BCUT2D eigenvalue weighted by molar-refractivity contribution is 0.918. The standard InChI is InChI=1S/C21H26S/c1-8-9-17-14(5)13(4)16(7)21-19(17)18-10-11(2)12(3)15(6)20(18)22-21/h10H,8-9H2,1-7H3. The van der Waals surface area contributed by atoms with Crippen LogP contribution in [-0.4, -0.2) is 0 Å². The smallest absolute Gasteiger partial charge is 0.0390 e. The van der Waals surface area contributed by atoms with Crippen molar-refractivity contribution in [3.05, 3.63) is 45.0 Å². The van der Waals surface area contributed by atoms with Crippen molar-refractivity contribution in [3.8, 4) is 0 Å². The highest BCUT2D eigenvalue weighted by molar-refractivity contribution is 7.26. The van der Waals surface area contributed by atoms with Crippen LogP contribution in [0.3, 0.4) is 0 Å². The Morgan fingerprint density at radius 3 is 2.05 bits per heavy atom. The zero-order valence-corrected chi connectivity index (χ0v) is 15.7. The van der Waals surface area contributed by atoms with Crippen LogP contribution in [0.5, 0.6) is 0 Å². The molecular weight excluding hydrogens is 284 g/mol. The number of aryl methyl sites for hydroxylation is 4. The van der Waals surface area contributed by atoms with Gasteiger partial charge in [0, 0.05) is 20.2 Å². The van der Waals surface area contributed by atoms with E-state index in [1.165, 1.54) is 66.4 Å². The quantitative estimate of drug-likeness (QED) is 0.485. The van der Waals surface area contributed by atoms with E-state index in [-0.39, 0.29) is 0 Å². The second kappa shape index (κ2) is 5.38. The minimum absolute atomic E-state index is 1.18. The zero-order valence-electron chi connectivity index (χ0n) is 14.9. The summed E-state index contributed by atoms with van der Waals surface area (Å²) in [4.78, 5) is 0. The van der Waals surface area contributed by atoms with Crippen molar-refractivity contribution in [2.45, 2.75) is 61.3 Å². The molecule has 0 aliphatic carbocycles. The lowest BCUT2D eigenvalue weighted by atomic mass is 9.90. The molecule has 3 aromatic rings. The Morgan fingerprint density at radius 1 is 0.773 bits per heavy atom. The predicted molar refractivity (Wildman–Crippen MR) is 102 cm³/mol. The minimum Gasteiger partial charge on any atom is -0.135 e. The molecule has 116 valence electrons. The number of thiophene rings is 1. The molecule has 1 heterocycles. The molecule has 3 rings (SSSR count). The van der Waals surface area contributed by atoms with Gasteiger partial charge in [-0.3, -0.25) is 0 Å². The Morgan fingerprint density at radius 2 is 1.41 bits per heavy atom. The fourth-order valence-electron chi connectivity index (χ4n) is 3.64. The van der Waals surface area contributed by atoms with Crippen molar-refractivity contribution in [3.63, 3.8) is 0 Å². The molecule has 0 saturated heterocycles. The fourth-order valence-corrected chi connectivity index (χ4v) is 5.07. The molecule has 0 unspecified atom stereocenters. The summed E-state index contributed by atoms with van der Waals surface area (Å²) < 4.78 is 3.00. The van der Waals surface area contributed by atoms with E-state index < -0.39 is 0 Å². The van der Waals surface area contributed by atoms with Crippen LogP contribution in [0.1, 0.15) is 52.3 Å². The predicted octanol–water partition coefficient (Wildman–Crippen LogP) is 6.86. The lowest BCUT2D eigenvalue weighted by Gasteiger charge is -2.14. The molecule has 0 fully saturated rings. The highest BCUT2D eigenvalue weighted by Gasteiger charge is 2.18. The van der Waals surface area contributed by atoms with Gasteiger partial charge >= 0.3 is 0 Å². The van der Waals surface area contributed by atoms with E-state index in [4.69, 9.17) is 0 Å². The molecule has 0 radical (unpaired) electrons. The molecule has 0 aliphatic heterocycles. The first-order valence-electron chi connectivity index (χ1n) is 8.30. The van der Waals surface area contributed by atoms with E-state index in [9.17, 15) is 0 Å². The molecule has 0 aliphatic rings. The number of fused-ring (bicyclic) bond motifs is 3. The van der Waals surface area contributed by atoms with E-state index in [1.807, 2.05) is 11.3 Å². The fraction of sp³-hybridized carbons (Fsp3) is 0.429.